The van der Waals surface area contributed by atoms with Crippen molar-refractivity contribution in [3.63, 3.8) is 0 Å². The molecule has 5 nitrogen and oxygen atoms in total. The second-order valence-corrected chi connectivity index (χ2v) is 8.16. The summed E-state index contributed by atoms with van der Waals surface area (Å²) < 4.78 is 56.0. The molecule has 0 unspecified atom stereocenters. The van der Waals surface area contributed by atoms with Crippen LogP contribution in [0.1, 0.15) is 36.6 Å². The van der Waals surface area contributed by atoms with E-state index in [0.29, 0.717) is 24.6 Å². The highest BCUT2D eigenvalue weighted by molar-refractivity contribution is 5.79. The third kappa shape index (κ3) is 4.15. The molecule has 162 valence electrons. The van der Waals surface area contributed by atoms with Gasteiger partial charge in [0.15, 0.2) is 0 Å². The molecule has 1 aromatic heterocycles. The lowest BCUT2D eigenvalue weighted by Gasteiger charge is -2.41. The van der Waals surface area contributed by atoms with Crippen LogP contribution in [-0.2, 0) is 11.2 Å². The van der Waals surface area contributed by atoms with Crippen LogP contribution in [-0.4, -0.2) is 46.1 Å². The number of likely N-dealkylation sites (tertiary alicyclic amines) is 1. The van der Waals surface area contributed by atoms with Crippen molar-refractivity contribution in [2.45, 2.75) is 51.1 Å². The van der Waals surface area contributed by atoms with Crippen molar-refractivity contribution in [3.05, 3.63) is 47.2 Å². The van der Waals surface area contributed by atoms with Crippen LogP contribution in [0, 0.1) is 24.5 Å². The maximum Gasteiger partial charge on any atom is 0.260 e. The summed E-state index contributed by atoms with van der Waals surface area (Å²) >= 11 is 0. The molecule has 1 aromatic carbocycles. The molecule has 3 atom stereocenters. The summed E-state index contributed by atoms with van der Waals surface area (Å²) in [6.07, 6.45) is -1.00. The number of fused-ring (bicyclic) bond motifs is 1. The van der Waals surface area contributed by atoms with Crippen molar-refractivity contribution in [1.82, 2.24) is 14.7 Å². The SMILES string of the molecule is Cc1cc2n(n1)[C@@H](C(F)F)C[C@@H]([C@@H]1CCCN(C(=O)Cc3cc(F)ccc3F)C1)N2. The highest BCUT2D eigenvalue weighted by Crippen LogP contribution is 2.36. The number of aromatic nitrogens is 2. The first-order chi connectivity index (χ1) is 14.3. The number of hydrogen-bond acceptors (Lipinski definition) is 3. The van der Waals surface area contributed by atoms with Crippen LogP contribution in [0.2, 0.25) is 0 Å². The van der Waals surface area contributed by atoms with Gasteiger partial charge in [0.25, 0.3) is 6.43 Å². The summed E-state index contributed by atoms with van der Waals surface area (Å²) in [6.45, 7) is 2.68. The Morgan fingerprint density at radius 3 is 2.87 bits per heavy atom. The lowest BCUT2D eigenvalue weighted by molar-refractivity contribution is -0.132. The van der Waals surface area contributed by atoms with Gasteiger partial charge < -0.3 is 10.2 Å². The van der Waals surface area contributed by atoms with Crippen LogP contribution in [0.5, 0.6) is 0 Å². The number of piperidine rings is 1. The van der Waals surface area contributed by atoms with Crippen molar-refractivity contribution in [2.24, 2.45) is 5.92 Å². The first-order valence-corrected chi connectivity index (χ1v) is 10.1. The maximum absolute atomic E-state index is 13.9. The van der Waals surface area contributed by atoms with Crippen LogP contribution in [0.4, 0.5) is 23.4 Å². The predicted molar refractivity (Wildman–Crippen MR) is 103 cm³/mol. The van der Waals surface area contributed by atoms with Gasteiger partial charge in [-0.05, 0) is 50.3 Å². The Kier molecular flexibility index (Phi) is 5.71. The van der Waals surface area contributed by atoms with Gasteiger partial charge in [-0.15, -0.1) is 0 Å². The van der Waals surface area contributed by atoms with Crippen LogP contribution in [0.3, 0.4) is 0 Å². The normalized spacial score (nSPS) is 23.9. The lowest BCUT2D eigenvalue weighted by Crippen LogP contribution is -2.48. The van der Waals surface area contributed by atoms with Crippen molar-refractivity contribution in [2.75, 3.05) is 18.4 Å². The number of anilines is 1. The van der Waals surface area contributed by atoms with Gasteiger partial charge >= 0.3 is 0 Å². The van der Waals surface area contributed by atoms with E-state index in [2.05, 4.69) is 10.4 Å². The van der Waals surface area contributed by atoms with Crippen LogP contribution >= 0.6 is 0 Å². The Balaban J connectivity index is 1.46. The van der Waals surface area contributed by atoms with Crippen LogP contribution < -0.4 is 5.32 Å². The maximum atomic E-state index is 13.9. The number of carbonyl (C=O) groups excluding carboxylic acids is 1. The fourth-order valence-electron chi connectivity index (χ4n) is 4.52. The number of hydrogen-bond donors (Lipinski definition) is 1. The first kappa shape index (κ1) is 20.7. The summed E-state index contributed by atoms with van der Waals surface area (Å²) in [4.78, 5) is 14.3. The van der Waals surface area contributed by atoms with Crippen molar-refractivity contribution >= 4 is 11.7 Å². The Hall–Kier alpha value is -2.58. The third-order valence-electron chi connectivity index (χ3n) is 6.02. The van der Waals surface area contributed by atoms with Crippen molar-refractivity contribution in [3.8, 4) is 0 Å². The van der Waals surface area contributed by atoms with Gasteiger partial charge in [-0.25, -0.2) is 22.2 Å². The smallest absolute Gasteiger partial charge is 0.260 e. The number of amides is 1. The van der Waals surface area contributed by atoms with Crippen LogP contribution in [0.25, 0.3) is 0 Å². The van der Waals surface area contributed by atoms with Gasteiger partial charge in [-0.3, -0.25) is 4.79 Å². The molecule has 0 spiro atoms. The van der Waals surface area contributed by atoms with Gasteiger partial charge in [0.05, 0.1) is 12.1 Å². The summed E-state index contributed by atoms with van der Waals surface area (Å²) in [5.41, 5.74) is 0.691. The number of nitrogens with one attached hydrogen (secondary N) is 1. The van der Waals surface area contributed by atoms with E-state index in [9.17, 15) is 22.4 Å². The summed E-state index contributed by atoms with van der Waals surface area (Å²) in [6, 6.07) is 3.59. The minimum absolute atomic E-state index is 0.00902. The topological polar surface area (TPSA) is 50.2 Å². The molecule has 1 N–H and O–H groups in total. The highest BCUT2D eigenvalue weighted by atomic mass is 19.3. The molecular weight excluding hydrogens is 400 g/mol. The van der Waals surface area contributed by atoms with E-state index < -0.39 is 24.1 Å². The molecule has 0 bridgehead atoms. The van der Waals surface area contributed by atoms with Gasteiger partial charge in [0, 0.05) is 30.8 Å². The first-order valence-electron chi connectivity index (χ1n) is 10.1. The Bertz CT molecular complexity index is 932. The molecule has 0 aliphatic carbocycles. The molecule has 4 rings (SSSR count). The molecule has 1 amide bonds. The van der Waals surface area contributed by atoms with Gasteiger partial charge in [-0.1, -0.05) is 0 Å². The van der Waals surface area contributed by atoms with E-state index in [0.717, 1.165) is 31.0 Å². The summed E-state index contributed by atoms with van der Waals surface area (Å²) in [7, 11) is 0. The number of benzene rings is 1. The average Bonchev–Trinajstić information content (AvgIpc) is 3.09. The number of aryl methyl sites for hydroxylation is 1. The zero-order valence-electron chi connectivity index (χ0n) is 16.6. The number of rotatable bonds is 4. The van der Waals surface area contributed by atoms with Crippen molar-refractivity contribution < 1.29 is 22.4 Å². The third-order valence-corrected chi connectivity index (χ3v) is 6.02. The molecule has 0 radical (unpaired) electrons. The Labute approximate surface area is 172 Å². The minimum Gasteiger partial charge on any atom is -0.367 e. The van der Waals surface area contributed by atoms with Crippen LogP contribution in [0.15, 0.2) is 24.3 Å². The van der Waals surface area contributed by atoms with E-state index in [4.69, 9.17) is 0 Å². The van der Waals surface area contributed by atoms with Gasteiger partial charge in [0.1, 0.15) is 23.5 Å². The number of nitrogens with zero attached hydrogens (tertiary/aromatic N) is 3. The number of carbonyl (C=O) groups is 1. The summed E-state index contributed by atoms with van der Waals surface area (Å²) in [5, 5.41) is 7.50. The standard InChI is InChI=1S/C21H24F4N4O/c1-12-7-19-26-17(10-18(21(24)25)29(19)27-12)13-3-2-6-28(11-13)20(30)9-14-8-15(22)4-5-16(14)23/h4-5,7-8,13,17-18,21,26H,2-3,6,9-11H2,1H3/t13-,17+,18-/m1/s1. The highest BCUT2D eigenvalue weighted by Gasteiger charge is 2.38. The number of halogens is 4. The fourth-order valence-corrected chi connectivity index (χ4v) is 4.52. The van der Waals surface area contributed by atoms with E-state index in [1.165, 1.54) is 4.68 Å². The van der Waals surface area contributed by atoms with E-state index in [1.54, 1.807) is 17.9 Å². The van der Waals surface area contributed by atoms with Gasteiger partial charge in [-0.2, -0.15) is 5.10 Å². The fraction of sp³-hybridized carbons (Fsp3) is 0.524. The summed E-state index contributed by atoms with van der Waals surface area (Å²) in [5.74, 6) is -0.932. The zero-order valence-corrected chi connectivity index (χ0v) is 16.6. The van der Waals surface area contributed by atoms with Gasteiger partial charge in [0.2, 0.25) is 5.91 Å². The Morgan fingerprint density at radius 2 is 2.10 bits per heavy atom. The lowest BCUT2D eigenvalue weighted by atomic mass is 9.85. The largest absolute Gasteiger partial charge is 0.367 e. The second kappa shape index (κ2) is 8.28. The van der Waals surface area contributed by atoms with Crippen molar-refractivity contribution in [1.29, 1.82) is 0 Å². The van der Waals surface area contributed by atoms with E-state index >= 15 is 0 Å². The molecule has 1 fully saturated rings. The molecular formula is C21H24F4N4O. The van der Waals surface area contributed by atoms with E-state index in [1.807, 2.05) is 0 Å². The molecule has 0 saturated carbocycles. The predicted octanol–water partition coefficient (Wildman–Crippen LogP) is 3.94. The zero-order chi connectivity index (χ0) is 21.4. The minimum atomic E-state index is -2.54. The second-order valence-electron chi connectivity index (χ2n) is 8.16. The molecule has 2 aliphatic rings. The quantitative estimate of drug-likeness (QED) is 0.757. The molecule has 2 aliphatic heterocycles. The Morgan fingerprint density at radius 1 is 1.30 bits per heavy atom. The molecule has 3 heterocycles. The van der Waals surface area contributed by atoms with E-state index in [-0.39, 0.29) is 36.3 Å². The molecule has 30 heavy (non-hydrogen) atoms. The monoisotopic (exact) mass is 424 g/mol. The molecule has 9 heteroatoms. The average molecular weight is 424 g/mol. The molecule has 2 aromatic rings. The molecule has 1 saturated heterocycles. The number of alkyl halides is 2.